The maximum atomic E-state index is 12.8. The summed E-state index contributed by atoms with van der Waals surface area (Å²) in [5.74, 6) is 1.49. The molecule has 4 nitrogen and oxygen atoms in total. The van der Waals surface area contributed by atoms with Crippen LogP contribution in [0.15, 0.2) is 18.2 Å². The van der Waals surface area contributed by atoms with Crippen LogP contribution in [0.3, 0.4) is 0 Å². The first kappa shape index (κ1) is 18.0. The molecule has 1 unspecified atom stereocenters. The molecule has 1 fully saturated rings. The van der Waals surface area contributed by atoms with Crippen LogP contribution in [0.2, 0.25) is 0 Å². The lowest BCUT2D eigenvalue weighted by molar-refractivity contribution is 0.0887. The van der Waals surface area contributed by atoms with Gasteiger partial charge in [-0.25, -0.2) is 0 Å². The molecule has 1 N–H and O–H groups in total. The van der Waals surface area contributed by atoms with Gasteiger partial charge < -0.3 is 15.0 Å². The van der Waals surface area contributed by atoms with Gasteiger partial charge in [0.05, 0.1) is 6.61 Å². The van der Waals surface area contributed by atoms with E-state index in [1.807, 2.05) is 32.0 Å². The molecular weight excluding hydrogens is 288 g/mol. The number of ether oxygens (including phenoxy) is 1. The van der Waals surface area contributed by atoms with E-state index in [1.54, 1.807) is 0 Å². The molecule has 1 aromatic rings. The molecule has 0 saturated carbocycles. The highest BCUT2D eigenvalue weighted by molar-refractivity contribution is 5.98. The maximum absolute atomic E-state index is 12.8. The number of Topliss-reactive ketones (excluding diaryl/α,β-unsaturated/α-hetero) is 1. The Hall–Kier alpha value is -1.39. The molecule has 23 heavy (non-hydrogen) atoms. The van der Waals surface area contributed by atoms with Crippen molar-refractivity contribution in [3.63, 3.8) is 0 Å². The van der Waals surface area contributed by atoms with Crippen LogP contribution < -0.4 is 10.1 Å². The Morgan fingerprint density at radius 1 is 1.26 bits per heavy atom. The standard InChI is InChI=1S/C19H30N2O2/c1-5-23-18-7-6-16(12-17(18)14(2)3)19(22)15(4)13-21-10-8-20-9-11-21/h6-7,12,14-15,20H,5,8-11,13H2,1-4H3. The molecule has 128 valence electrons. The Labute approximate surface area is 140 Å². The summed E-state index contributed by atoms with van der Waals surface area (Å²) in [6.07, 6.45) is 0. The summed E-state index contributed by atoms with van der Waals surface area (Å²) in [5, 5.41) is 3.35. The molecule has 0 aromatic heterocycles. The second kappa shape index (κ2) is 8.46. The van der Waals surface area contributed by atoms with Crippen LogP contribution in [0.25, 0.3) is 0 Å². The third kappa shape index (κ3) is 4.79. The first-order valence-electron chi connectivity index (χ1n) is 8.77. The van der Waals surface area contributed by atoms with E-state index in [-0.39, 0.29) is 11.7 Å². The first-order valence-corrected chi connectivity index (χ1v) is 8.77. The van der Waals surface area contributed by atoms with Crippen LogP contribution >= 0.6 is 0 Å². The van der Waals surface area contributed by atoms with Crippen LogP contribution in [0.5, 0.6) is 5.75 Å². The number of nitrogens with zero attached hydrogens (tertiary/aromatic N) is 1. The van der Waals surface area contributed by atoms with E-state index in [0.717, 1.165) is 49.6 Å². The number of ketones is 1. The molecule has 1 saturated heterocycles. The van der Waals surface area contributed by atoms with Crippen LogP contribution in [0, 0.1) is 5.92 Å². The molecule has 2 rings (SSSR count). The van der Waals surface area contributed by atoms with E-state index >= 15 is 0 Å². The smallest absolute Gasteiger partial charge is 0.166 e. The van der Waals surface area contributed by atoms with E-state index in [0.29, 0.717) is 12.5 Å². The normalized spacial score (nSPS) is 17.3. The Morgan fingerprint density at radius 3 is 2.57 bits per heavy atom. The van der Waals surface area contributed by atoms with Crippen molar-refractivity contribution in [2.24, 2.45) is 5.92 Å². The van der Waals surface area contributed by atoms with E-state index in [2.05, 4.69) is 24.1 Å². The first-order chi connectivity index (χ1) is 11.0. The number of carbonyl (C=O) groups is 1. The lowest BCUT2D eigenvalue weighted by Crippen LogP contribution is -2.45. The molecule has 1 aliphatic heterocycles. The lowest BCUT2D eigenvalue weighted by Gasteiger charge is -2.29. The third-order valence-corrected chi connectivity index (χ3v) is 4.41. The number of carbonyl (C=O) groups excluding carboxylic acids is 1. The van der Waals surface area contributed by atoms with Crippen molar-refractivity contribution in [3.05, 3.63) is 29.3 Å². The molecule has 1 aliphatic rings. The van der Waals surface area contributed by atoms with Gasteiger partial charge in [0.15, 0.2) is 5.78 Å². The number of nitrogens with one attached hydrogen (secondary N) is 1. The van der Waals surface area contributed by atoms with Crippen molar-refractivity contribution in [1.29, 1.82) is 0 Å². The third-order valence-electron chi connectivity index (χ3n) is 4.41. The Balaban J connectivity index is 2.09. The van der Waals surface area contributed by atoms with Crippen molar-refractivity contribution in [2.45, 2.75) is 33.6 Å². The summed E-state index contributed by atoms with van der Waals surface area (Å²) in [5.41, 5.74) is 1.92. The molecule has 4 heteroatoms. The monoisotopic (exact) mass is 318 g/mol. The van der Waals surface area contributed by atoms with Crippen LogP contribution in [0.1, 0.15) is 49.5 Å². The Kier molecular flexibility index (Phi) is 6.60. The van der Waals surface area contributed by atoms with Crippen molar-refractivity contribution in [3.8, 4) is 5.75 Å². The fourth-order valence-electron chi connectivity index (χ4n) is 3.09. The average Bonchev–Trinajstić information content (AvgIpc) is 2.55. The zero-order valence-electron chi connectivity index (χ0n) is 14.9. The van der Waals surface area contributed by atoms with Gasteiger partial charge in [0.25, 0.3) is 0 Å². The zero-order chi connectivity index (χ0) is 16.8. The number of benzene rings is 1. The number of rotatable bonds is 7. The quantitative estimate of drug-likeness (QED) is 0.785. The summed E-state index contributed by atoms with van der Waals surface area (Å²) >= 11 is 0. The van der Waals surface area contributed by atoms with Crippen LogP contribution in [-0.2, 0) is 0 Å². The van der Waals surface area contributed by atoms with E-state index in [1.165, 1.54) is 0 Å². The summed E-state index contributed by atoms with van der Waals surface area (Å²) in [6, 6.07) is 5.88. The van der Waals surface area contributed by atoms with Gasteiger partial charge in [-0.1, -0.05) is 20.8 Å². The lowest BCUT2D eigenvalue weighted by atomic mass is 9.93. The van der Waals surface area contributed by atoms with Gasteiger partial charge in [0.2, 0.25) is 0 Å². The average molecular weight is 318 g/mol. The van der Waals surface area contributed by atoms with E-state index < -0.39 is 0 Å². The Morgan fingerprint density at radius 2 is 1.96 bits per heavy atom. The van der Waals surface area contributed by atoms with Gasteiger partial charge in [-0.15, -0.1) is 0 Å². The van der Waals surface area contributed by atoms with Crippen LogP contribution in [0.4, 0.5) is 0 Å². The molecule has 0 aliphatic carbocycles. The highest BCUT2D eigenvalue weighted by atomic mass is 16.5. The van der Waals surface area contributed by atoms with Gasteiger partial charge in [0, 0.05) is 44.2 Å². The van der Waals surface area contributed by atoms with E-state index in [4.69, 9.17) is 4.74 Å². The highest BCUT2D eigenvalue weighted by Gasteiger charge is 2.21. The van der Waals surface area contributed by atoms with Gasteiger partial charge in [0.1, 0.15) is 5.75 Å². The van der Waals surface area contributed by atoms with Gasteiger partial charge in [-0.05, 0) is 36.6 Å². The van der Waals surface area contributed by atoms with Crippen molar-refractivity contribution in [2.75, 3.05) is 39.3 Å². The van der Waals surface area contributed by atoms with Crippen molar-refractivity contribution in [1.82, 2.24) is 10.2 Å². The topological polar surface area (TPSA) is 41.6 Å². The minimum atomic E-state index is 0.0195. The minimum absolute atomic E-state index is 0.0195. The summed E-state index contributed by atoms with van der Waals surface area (Å²) < 4.78 is 5.69. The fourth-order valence-corrected chi connectivity index (χ4v) is 3.09. The Bertz CT molecular complexity index is 522. The maximum Gasteiger partial charge on any atom is 0.166 e. The SMILES string of the molecule is CCOc1ccc(C(=O)C(C)CN2CCNCC2)cc1C(C)C. The fraction of sp³-hybridized carbons (Fsp3) is 0.632. The number of hydrogen-bond donors (Lipinski definition) is 1. The molecule has 1 heterocycles. The number of piperazine rings is 1. The summed E-state index contributed by atoms with van der Waals surface area (Å²) in [6.45, 7) is 13.9. The van der Waals surface area contributed by atoms with Crippen molar-refractivity contribution >= 4 is 5.78 Å². The van der Waals surface area contributed by atoms with Gasteiger partial charge in [-0.2, -0.15) is 0 Å². The van der Waals surface area contributed by atoms with E-state index in [9.17, 15) is 4.79 Å². The minimum Gasteiger partial charge on any atom is -0.494 e. The second-order valence-electron chi connectivity index (χ2n) is 6.66. The summed E-state index contributed by atoms with van der Waals surface area (Å²) in [4.78, 5) is 15.2. The predicted octanol–water partition coefficient (Wildman–Crippen LogP) is 2.93. The zero-order valence-corrected chi connectivity index (χ0v) is 14.9. The highest BCUT2D eigenvalue weighted by Crippen LogP contribution is 2.28. The second-order valence-corrected chi connectivity index (χ2v) is 6.66. The predicted molar refractivity (Wildman–Crippen MR) is 94.5 cm³/mol. The largest absolute Gasteiger partial charge is 0.494 e. The molecule has 1 atom stereocenters. The molecule has 1 aromatic carbocycles. The molecule has 0 radical (unpaired) electrons. The number of hydrogen-bond acceptors (Lipinski definition) is 4. The molecule has 0 spiro atoms. The van der Waals surface area contributed by atoms with Crippen molar-refractivity contribution < 1.29 is 9.53 Å². The summed E-state index contributed by atoms with van der Waals surface area (Å²) in [7, 11) is 0. The van der Waals surface area contributed by atoms with Gasteiger partial charge in [-0.3, -0.25) is 4.79 Å². The molecular formula is C19H30N2O2. The molecule has 0 amide bonds. The van der Waals surface area contributed by atoms with Crippen LogP contribution in [-0.4, -0.2) is 50.0 Å². The van der Waals surface area contributed by atoms with Gasteiger partial charge >= 0.3 is 0 Å². The molecule has 0 bridgehead atoms.